The van der Waals surface area contributed by atoms with Gasteiger partial charge < -0.3 is 16.2 Å². The normalized spacial score (nSPS) is 13.7. The van der Waals surface area contributed by atoms with Crippen LogP contribution >= 0.6 is 0 Å². The molecule has 0 saturated carbocycles. The molecule has 4 N–H and O–H groups in total. The molecule has 3 aromatic carbocycles. The SMILES string of the molecule is CCc1cccc(CNC[C@@H](C(C(=O)O)n2nnc(-c3ccc(C)cc3)n2)[C@@H](N)Cc2cc(F)cc(F)c2)c1. The van der Waals surface area contributed by atoms with Gasteiger partial charge in [0.25, 0.3) is 0 Å². The van der Waals surface area contributed by atoms with Crippen LogP contribution in [0.1, 0.15) is 35.2 Å². The standard InChI is InChI=1S/C29H32F2N6O2/c1-3-19-5-4-6-20(11-19)16-33-17-25(26(32)14-21-12-23(30)15-24(31)13-21)27(29(38)39)37-35-28(34-36-37)22-9-7-18(2)8-10-22/h4-13,15,25-27,33H,3,14,16-17,32H2,1-2H3,(H,38,39)/t25-,26+,27?/m1/s1. The Bertz CT molecular complexity index is 1390. The minimum Gasteiger partial charge on any atom is -0.480 e. The molecule has 0 radical (unpaired) electrons. The molecule has 3 atom stereocenters. The number of halogens is 2. The highest BCUT2D eigenvalue weighted by atomic mass is 19.1. The minimum absolute atomic E-state index is 0.0512. The van der Waals surface area contributed by atoms with Crippen LogP contribution < -0.4 is 11.1 Å². The van der Waals surface area contributed by atoms with Gasteiger partial charge in [-0.3, -0.25) is 0 Å². The Labute approximate surface area is 225 Å². The highest BCUT2D eigenvalue weighted by molar-refractivity contribution is 5.72. The molecule has 8 nitrogen and oxygen atoms in total. The van der Waals surface area contributed by atoms with Gasteiger partial charge in [0.2, 0.25) is 5.82 Å². The van der Waals surface area contributed by atoms with Crippen LogP contribution in [-0.2, 0) is 24.2 Å². The van der Waals surface area contributed by atoms with Crippen LogP contribution in [0.15, 0.2) is 66.7 Å². The van der Waals surface area contributed by atoms with Gasteiger partial charge in [-0.25, -0.2) is 13.6 Å². The van der Waals surface area contributed by atoms with Gasteiger partial charge in [0.1, 0.15) is 11.6 Å². The summed E-state index contributed by atoms with van der Waals surface area (Å²) in [6.07, 6.45) is 0.948. The zero-order valence-corrected chi connectivity index (χ0v) is 21.9. The molecule has 10 heteroatoms. The first-order valence-corrected chi connectivity index (χ1v) is 12.8. The van der Waals surface area contributed by atoms with Crippen molar-refractivity contribution in [2.24, 2.45) is 11.7 Å². The van der Waals surface area contributed by atoms with Crippen molar-refractivity contribution in [3.63, 3.8) is 0 Å². The Morgan fingerprint density at radius 3 is 2.38 bits per heavy atom. The predicted molar refractivity (Wildman–Crippen MR) is 144 cm³/mol. The third kappa shape index (κ3) is 7.30. The lowest BCUT2D eigenvalue weighted by Crippen LogP contribution is -2.46. The molecular weight excluding hydrogens is 502 g/mol. The zero-order chi connectivity index (χ0) is 27.9. The molecule has 1 aromatic heterocycles. The Hall–Kier alpha value is -4.02. The molecule has 39 heavy (non-hydrogen) atoms. The first-order chi connectivity index (χ1) is 18.7. The van der Waals surface area contributed by atoms with E-state index < -0.39 is 35.6 Å². The fourth-order valence-electron chi connectivity index (χ4n) is 4.61. The maximum Gasteiger partial charge on any atom is 0.330 e. The number of carboxylic acid groups (broad SMARTS) is 1. The lowest BCUT2D eigenvalue weighted by molar-refractivity contribution is -0.144. The Kier molecular flexibility index (Phi) is 9.11. The molecule has 4 rings (SSSR count). The summed E-state index contributed by atoms with van der Waals surface area (Å²) in [5, 5.41) is 26.1. The van der Waals surface area contributed by atoms with Gasteiger partial charge in [0.05, 0.1) is 0 Å². The number of rotatable bonds is 12. The van der Waals surface area contributed by atoms with Crippen molar-refractivity contribution in [3.8, 4) is 11.4 Å². The minimum atomic E-state index is -1.28. The van der Waals surface area contributed by atoms with Gasteiger partial charge in [-0.15, -0.1) is 15.0 Å². The van der Waals surface area contributed by atoms with E-state index in [1.807, 2.05) is 49.4 Å². The topological polar surface area (TPSA) is 119 Å². The molecule has 0 amide bonds. The molecule has 0 aliphatic carbocycles. The maximum atomic E-state index is 13.9. The summed E-state index contributed by atoms with van der Waals surface area (Å²) in [6, 6.07) is 16.7. The smallest absolute Gasteiger partial charge is 0.330 e. The molecule has 4 aromatic rings. The fraction of sp³-hybridized carbons (Fsp3) is 0.310. The van der Waals surface area contributed by atoms with E-state index in [0.717, 1.165) is 28.4 Å². The summed E-state index contributed by atoms with van der Waals surface area (Å²) in [5.41, 5.74) is 10.9. The molecule has 204 valence electrons. The molecule has 0 spiro atoms. The van der Waals surface area contributed by atoms with Crippen LogP contribution in [-0.4, -0.2) is 43.9 Å². The van der Waals surface area contributed by atoms with E-state index in [1.165, 1.54) is 17.7 Å². The van der Waals surface area contributed by atoms with Gasteiger partial charge >= 0.3 is 5.97 Å². The number of aromatic nitrogens is 4. The third-order valence-corrected chi connectivity index (χ3v) is 6.70. The number of nitrogens with zero attached hydrogens (tertiary/aromatic N) is 4. The van der Waals surface area contributed by atoms with Crippen molar-refractivity contribution in [2.45, 2.75) is 45.3 Å². The van der Waals surface area contributed by atoms with Crippen molar-refractivity contribution >= 4 is 5.97 Å². The van der Waals surface area contributed by atoms with Gasteiger partial charge in [0, 0.05) is 36.7 Å². The summed E-state index contributed by atoms with van der Waals surface area (Å²) in [7, 11) is 0. The number of aliphatic carboxylic acids is 1. The number of nitrogens with one attached hydrogen (secondary N) is 1. The van der Waals surface area contributed by atoms with Gasteiger partial charge in [-0.05, 0) is 53.8 Å². The van der Waals surface area contributed by atoms with Crippen LogP contribution in [0.3, 0.4) is 0 Å². The average molecular weight is 535 g/mol. The number of hydrogen-bond donors (Lipinski definition) is 3. The Balaban J connectivity index is 1.61. The highest BCUT2D eigenvalue weighted by Gasteiger charge is 2.36. The molecular formula is C29H32F2N6O2. The quantitative estimate of drug-likeness (QED) is 0.250. The van der Waals surface area contributed by atoms with Crippen molar-refractivity contribution < 1.29 is 18.7 Å². The van der Waals surface area contributed by atoms with Crippen LogP contribution in [0.2, 0.25) is 0 Å². The number of carboxylic acids is 1. The highest BCUT2D eigenvalue weighted by Crippen LogP contribution is 2.24. The number of hydrogen-bond acceptors (Lipinski definition) is 6. The van der Waals surface area contributed by atoms with Crippen LogP contribution in [0.4, 0.5) is 8.78 Å². The van der Waals surface area contributed by atoms with Crippen LogP contribution in [0.5, 0.6) is 0 Å². The molecule has 0 aliphatic heterocycles. The summed E-state index contributed by atoms with van der Waals surface area (Å²) in [4.78, 5) is 13.6. The van der Waals surface area contributed by atoms with E-state index in [0.29, 0.717) is 17.7 Å². The van der Waals surface area contributed by atoms with E-state index >= 15 is 0 Å². The number of tetrazole rings is 1. The lowest BCUT2D eigenvalue weighted by atomic mass is 9.87. The zero-order valence-electron chi connectivity index (χ0n) is 21.9. The third-order valence-electron chi connectivity index (χ3n) is 6.70. The van der Waals surface area contributed by atoms with E-state index in [9.17, 15) is 18.7 Å². The second kappa shape index (κ2) is 12.7. The monoisotopic (exact) mass is 534 g/mol. The second-order valence-electron chi connectivity index (χ2n) is 9.70. The van der Waals surface area contributed by atoms with Crippen molar-refractivity contribution in [3.05, 3.63) is 101 Å². The lowest BCUT2D eigenvalue weighted by Gasteiger charge is -2.29. The number of nitrogens with two attached hydrogens (primary N) is 1. The largest absolute Gasteiger partial charge is 0.480 e. The molecule has 0 bridgehead atoms. The Morgan fingerprint density at radius 2 is 1.72 bits per heavy atom. The molecule has 0 fully saturated rings. The maximum absolute atomic E-state index is 13.9. The van der Waals surface area contributed by atoms with E-state index in [4.69, 9.17) is 5.73 Å². The van der Waals surface area contributed by atoms with Gasteiger partial charge in [-0.1, -0.05) is 61.0 Å². The van der Waals surface area contributed by atoms with Crippen LogP contribution in [0, 0.1) is 24.5 Å². The summed E-state index contributed by atoms with van der Waals surface area (Å²) in [6.45, 7) is 4.70. The number of carbonyl (C=O) groups is 1. The van der Waals surface area contributed by atoms with Crippen molar-refractivity contribution in [2.75, 3.05) is 6.54 Å². The predicted octanol–water partition coefficient (Wildman–Crippen LogP) is 4.09. The van der Waals surface area contributed by atoms with Gasteiger partial charge in [-0.2, -0.15) is 0 Å². The molecule has 1 unspecified atom stereocenters. The Morgan fingerprint density at radius 1 is 1.03 bits per heavy atom. The second-order valence-corrected chi connectivity index (χ2v) is 9.70. The van der Waals surface area contributed by atoms with E-state index in [1.54, 1.807) is 0 Å². The summed E-state index contributed by atoms with van der Waals surface area (Å²) in [5.74, 6) is -3.10. The van der Waals surface area contributed by atoms with E-state index in [-0.39, 0.29) is 18.8 Å². The van der Waals surface area contributed by atoms with Gasteiger partial charge in [0.15, 0.2) is 6.04 Å². The van der Waals surface area contributed by atoms with E-state index in [2.05, 4.69) is 33.7 Å². The van der Waals surface area contributed by atoms with Crippen LogP contribution in [0.25, 0.3) is 11.4 Å². The number of benzene rings is 3. The summed E-state index contributed by atoms with van der Waals surface area (Å²) >= 11 is 0. The molecule has 0 saturated heterocycles. The van der Waals surface area contributed by atoms with Crippen molar-refractivity contribution in [1.82, 2.24) is 25.5 Å². The molecule has 1 heterocycles. The van der Waals surface area contributed by atoms with Crippen molar-refractivity contribution in [1.29, 1.82) is 0 Å². The summed E-state index contributed by atoms with van der Waals surface area (Å²) < 4.78 is 27.7. The molecule has 0 aliphatic rings. The first-order valence-electron chi connectivity index (χ1n) is 12.8. The first kappa shape index (κ1) is 28.0. The number of aryl methyl sites for hydroxylation is 2. The fourth-order valence-corrected chi connectivity index (χ4v) is 4.61. The average Bonchev–Trinajstić information content (AvgIpc) is 3.37.